The lowest BCUT2D eigenvalue weighted by molar-refractivity contribution is 0.122. The van der Waals surface area contributed by atoms with E-state index in [9.17, 15) is 4.79 Å². The van der Waals surface area contributed by atoms with Gasteiger partial charge >= 0.3 is 6.09 Å². The van der Waals surface area contributed by atoms with Gasteiger partial charge in [0.15, 0.2) is 0 Å². The van der Waals surface area contributed by atoms with Crippen LogP contribution in [0.5, 0.6) is 0 Å². The molecule has 0 rings (SSSR count). The van der Waals surface area contributed by atoms with E-state index in [0.717, 1.165) is 12.8 Å². The molecule has 0 fully saturated rings. The molecule has 1 amide bonds. The average Bonchev–Trinajstić information content (AvgIpc) is 1.98. The SMILES string of the molecule is CCCC(C(C)C)N(C)C(=O)O. The van der Waals surface area contributed by atoms with E-state index in [0.29, 0.717) is 5.92 Å². The topological polar surface area (TPSA) is 40.5 Å². The van der Waals surface area contributed by atoms with Crippen LogP contribution in [0.25, 0.3) is 0 Å². The summed E-state index contributed by atoms with van der Waals surface area (Å²) in [5.74, 6) is 0.394. The van der Waals surface area contributed by atoms with Crippen LogP contribution in [0.15, 0.2) is 0 Å². The molecule has 72 valence electrons. The predicted molar refractivity (Wildman–Crippen MR) is 49.3 cm³/mol. The lowest BCUT2D eigenvalue weighted by Gasteiger charge is -2.28. The van der Waals surface area contributed by atoms with E-state index in [1.54, 1.807) is 7.05 Å². The van der Waals surface area contributed by atoms with Crippen LogP contribution in [-0.2, 0) is 0 Å². The zero-order valence-electron chi connectivity index (χ0n) is 8.37. The van der Waals surface area contributed by atoms with Gasteiger partial charge < -0.3 is 10.0 Å². The smallest absolute Gasteiger partial charge is 0.407 e. The monoisotopic (exact) mass is 173 g/mol. The highest BCUT2D eigenvalue weighted by Crippen LogP contribution is 2.14. The molecule has 0 saturated heterocycles. The minimum Gasteiger partial charge on any atom is -0.465 e. The molecule has 0 spiro atoms. The number of rotatable bonds is 4. The quantitative estimate of drug-likeness (QED) is 0.709. The van der Waals surface area contributed by atoms with Crippen molar-refractivity contribution in [3.63, 3.8) is 0 Å². The van der Waals surface area contributed by atoms with Crippen molar-refractivity contribution in [2.24, 2.45) is 5.92 Å². The molecule has 1 unspecified atom stereocenters. The lowest BCUT2D eigenvalue weighted by Crippen LogP contribution is -2.39. The molecule has 1 atom stereocenters. The van der Waals surface area contributed by atoms with Crippen LogP contribution in [0.1, 0.15) is 33.6 Å². The Morgan fingerprint density at radius 3 is 2.25 bits per heavy atom. The summed E-state index contributed by atoms with van der Waals surface area (Å²) in [6, 6.07) is 0.160. The number of hydrogen-bond acceptors (Lipinski definition) is 1. The molecule has 0 aliphatic carbocycles. The summed E-state index contributed by atoms with van der Waals surface area (Å²) in [6.07, 6.45) is 1.14. The summed E-state index contributed by atoms with van der Waals surface area (Å²) in [4.78, 5) is 12.1. The van der Waals surface area contributed by atoms with Crippen LogP contribution >= 0.6 is 0 Å². The van der Waals surface area contributed by atoms with Crippen molar-refractivity contribution in [1.29, 1.82) is 0 Å². The molecule has 3 heteroatoms. The largest absolute Gasteiger partial charge is 0.465 e. The van der Waals surface area contributed by atoms with Gasteiger partial charge in [-0.25, -0.2) is 4.79 Å². The third-order valence-corrected chi connectivity index (χ3v) is 2.15. The zero-order valence-corrected chi connectivity index (χ0v) is 8.37. The number of nitrogens with zero attached hydrogens (tertiary/aromatic N) is 1. The van der Waals surface area contributed by atoms with Crippen molar-refractivity contribution in [3.05, 3.63) is 0 Å². The van der Waals surface area contributed by atoms with Crippen LogP contribution < -0.4 is 0 Å². The van der Waals surface area contributed by atoms with Crippen LogP contribution in [0.2, 0.25) is 0 Å². The highest BCUT2D eigenvalue weighted by Gasteiger charge is 2.20. The zero-order chi connectivity index (χ0) is 9.72. The van der Waals surface area contributed by atoms with Gasteiger partial charge in [0.2, 0.25) is 0 Å². The molecule has 1 N–H and O–H groups in total. The highest BCUT2D eigenvalue weighted by molar-refractivity contribution is 5.64. The molecule has 0 aliphatic rings. The van der Waals surface area contributed by atoms with E-state index in [1.807, 2.05) is 0 Å². The van der Waals surface area contributed by atoms with Crippen molar-refractivity contribution < 1.29 is 9.90 Å². The Kier molecular flexibility index (Phi) is 4.71. The van der Waals surface area contributed by atoms with Gasteiger partial charge in [-0.1, -0.05) is 27.2 Å². The van der Waals surface area contributed by atoms with Gasteiger partial charge in [-0.05, 0) is 12.3 Å². The number of carbonyl (C=O) groups is 1. The molecule has 0 aliphatic heterocycles. The molecule has 0 saturated carbocycles. The first-order chi connectivity index (χ1) is 5.50. The van der Waals surface area contributed by atoms with Gasteiger partial charge in [0, 0.05) is 13.1 Å². The fourth-order valence-corrected chi connectivity index (χ4v) is 1.41. The maximum absolute atomic E-state index is 10.6. The fraction of sp³-hybridized carbons (Fsp3) is 0.889. The summed E-state index contributed by atoms with van der Waals surface area (Å²) >= 11 is 0. The third-order valence-electron chi connectivity index (χ3n) is 2.15. The molecule has 0 aromatic carbocycles. The van der Waals surface area contributed by atoms with Gasteiger partial charge in [-0.3, -0.25) is 0 Å². The van der Waals surface area contributed by atoms with E-state index in [-0.39, 0.29) is 6.04 Å². The Hall–Kier alpha value is -0.730. The maximum Gasteiger partial charge on any atom is 0.407 e. The average molecular weight is 173 g/mol. The second kappa shape index (κ2) is 5.01. The van der Waals surface area contributed by atoms with Crippen LogP contribution in [0.3, 0.4) is 0 Å². The van der Waals surface area contributed by atoms with Gasteiger partial charge in [0.05, 0.1) is 0 Å². The fourth-order valence-electron chi connectivity index (χ4n) is 1.41. The van der Waals surface area contributed by atoms with Crippen LogP contribution in [0.4, 0.5) is 4.79 Å². The predicted octanol–water partition coefficient (Wildman–Crippen LogP) is 2.42. The minimum atomic E-state index is -0.831. The molecule has 0 radical (unpaired) electrons. The normalized spacial score (nSPS) is 13.1. The van der Waals surface area contributed by atoms with Gasteiger partial charge in [0.25, 0.3) is 0 Å². The van der Waals surface area contributed by atoms with Crippen molar-refractivity contribution in [2.75, 3.05) is 7.05 Å². The van der Waals surface area contributed by atoms with Gasteiger partial charge in [-0.2, -0.15) is 0 Å². The van der Waals surface area contributed by atoms with E-state index in [2.05, 4.69) is 20.8 Å². The summed E-state index contributed by atoms with van der Waals surface area (Å²) < 4.78 is 0. The van der Waals surface area contributed by atoms with E-state index < -0.39 is 6.09 Å². The first-order valence-corrected chi connectivity index (χ1v) is 4.46. The molecule has 0 bridgehead atoms. The van der Waals surface area contributed by atoms with Crippen molar-refractivity contribution in [3.8, 4) is 0 Å². The summed E-state index contributed by atoms with van der Waals surface area (Å²) in [7, 11) is 1.64. The van der Waals surface area contributed by atoms with Crippen molar-refractivity contribution in [2.45, 2.75) is 39.7 Å². The number of hydrogen-bond donors (Lipinski definition) is 1. The third kappa shape index (κ3) is 3.11. The first kappa shape index (κ1) is 11.3. The Morgan fingerprint density at radius 1 is 1.50 bits per heavy atom. The second-order valence-electron chi connectivity index (χ2n) is 3.49. The number of carboxylic acid groups (broad SMARTS) is 1. The van der Waals surface area contributed by atoms with Crippen molar-refractivity contribution in [1.82, 2.24) is 4.90 Å². The number of amides is 1. The molecule has 0 heterocycles. The maximum atomic E-state index is 10.6. The van der Waals surface area contributed by atoms with E-state index in [1.165, 1.54) is 4.90 Å². The highest BCUT2D eigenvalue weighted by atomic mass is 16.4. The molecule has 12 heavy (non-hydrogen) atoms. The van der Waals surface area contributed by atoms with Crippen molar-refractivity contribution >= 4 is 6.09 Å². The molecule has 0 aromatic rings. The molecular formula is C9H19NO2. The van der Waals surface area contributed by atoms with Gasteiger partial charge in [0.1, 0.15) is 0 Å². The van der Waals surface area contributed by atoms with Crippen LogP contribution in [-0.4, -0.2) is 29.2 Å². The lowest BCUT2D eigenvalue weighted by atomic mass is 9.99. The molecular weight excluding hydrogens is 154 g/mol. The van der Waals surface area contributed by atoms with E-state index >= 15 is 0 Å². The molecule has 0 aromatic heterocycles. The standard InChI is InChI=1S/C9H19NO2/c1-5-6-8(7(2)3)10(4)9(11)12/h7-8H,5-6H2,1-4H3,(H,11,12). The Labute approximate surface area is 74.4 Å². The second-order valence-corrected chi connectivity index (χ2v) is 3.49. The Bertz CT molecular complexity index is 145. The molecule has 3 nitrogen and oxygen atoms in total. The Morgan fingerprint density at radius 2 is 2.00 bits per heavy atom. The first-order valence-electron chi connectivity index (χ1n) is 4.46. The van der Waals surface area contributed by atoms with Gasteiger partial charge in [-0.15, -0.1) is 0 Å². The summed E-state index contributed by atoms with van der Waals surface area (Å²) in [6.45, 7) is 6.19. The minimum absolute atomic E-state index is 0.160. The summed E-state index contributed by atoms with van der Waals surface area (Å²) in [5, 5.41) is 8.75. The summed E-state index contributed by atoms with van der Waals surface area (Å²) in [5.41, 5.74) is 0. The van der Waals surface area contributed by atoms with E-state index in [4.69, 9.17) is 5.11 Å². The van der Waals surface area contributed by atoms with Crippen LogP contribution in [0, 0.1) is 5.92 Å². The Balaban J connectivity index is 4.18.